The maximum absolute atomic E-state index is 12.6. The Labute approximate surface area is 150 Å². The van der Waals surface area contributed by atoms with Crippen molar-refractivity contribution in [3.8, 4) is 0 Å². The summed E-state index contributed by atoms with van der Waals surface area (Å²) in [5, 5.41) is 10.1. The van der Waals surface area contributed by atoms with Crippen LogP contribution in [-0.4, -0.2) is 26.4 Å². The van der Waals surface area contributed by atoms with Crippen LogP contribution >= 0.6 is 0 Å². The standard InChI is InChI=1S/C19H19N5O2/c1-10(2)18(25)23-14-8-24-17(11(14)3)16(20-9-21-24)15-12-6-4-5-7-13(12)22-19(15)26/h4-10,15H,1-3H3,(H,22,26)(H,23,25). The van der Waals surface area contributed by atoms with E-state index >= 15 is 0 Å². The molecule has 7 heteroatoms. The van der Waals surface area contributed by atoms with Gasteiger partial charge in [0.25, 0.3) is 0 Å². The summed E-state index contributed by atoms with van der Waals surface area (Å²) in [7, 11) is 0. The second-order valence-corrected chi connectivity index (χ2v) is 6.76. The molecule has 0 saturated carbocycles. The molecule has 1 aromatic carbocycles. The van der Waals surface area contributed by atoms with Crippen LogP contribution in [0.1, 0.15) is 36.6 Å². The average Bonchev–Trinajstić information content (AvgIpc) is 3.11. The molecule has 0 bridgehead atoms. The lowest BCUT2D eigenvalue weighted by molar-refractivity contribution is -0.119. The predicted octanol–water partition coefficient (Wildman–Crippen LogP) is 2.72. The van der Waals surface area contributed by atoms with Gasteiger partial charge in [0.1, 0.15) is 12.2 Å². The van der Waals surface area contributed by atoms with E-state index in [0.717, 1.165) is 22.3 Å². The number of aryl methyl sites for hydroxylation is 1. The van der Waals surface area contributed by atoms with Gasteiger partial charge >= 0.3 is 0 Å². The van der Waals surface area contributed by atoms with E-state index in [9.17, 15) is 9.59 Å². The number of amides is 2. The second-order valence-electron chi connectivity index (χ2n) is 6.76. The highest BCUT2D eigenvalue weighted by Crippen LogP contribution is 2.39. The van der Waals surface area contributed by atoms with Gasteiger partial charge in [0.2, 0.25) is 11.8 Å². The van der Waals surface area contributed by atoms with Gasteiger partial charge in [-0.3, -0.25) is 9.59 Å². The summed E-state index contributed by atoms with van der Waals surface area (Å²) in [6.45, 7) is 5.58. The summed E-state index contributed by atoms with van der Waals surface area (Å²) in [6, 6.07) is 7.60. The minimum Gasteiger partial charge on any atom is -0.325 e. The lowest BCUT2D eigenvalue weighted by Crippen LogP contribution is -2.17. The van der Waals surface area contributed by atoms with Gasteiger partial charge in [0.05, 0.1) is 23.1 Å². The predicted molar refractivity (Wildman–Crippen MR) is 98.1 cm³/mol. The molecule has 2 aromatic heterocycles. The smallest absolute Gasteiger partial charge is 0.238 e. The SMILES string of the molecule is Cc1c(NC(=O)C(C)C)cn2ncnc(C3C(=O)Nc4ccccc43)c12. The normalized spacial score (nSPS) is 16.0. The third-order valence-electron chi connectivity index (χ3n) is 4.70. The Morgan fingerprint density at radius 3 is 2.85 bits per heavy atom. The van der Waals surface area contributed by atoms with Crippen molar-refractivity contribution in [3.63, 3.8) is 0 Å². The Balaban J connectivity index is 1.86. The Bertz CT molecular complexity index is 1040. The van der Waals surface area contributed by atoms with Gasteiger partial charge in [0.15, 0.2) is 0 Å². The molecule has 2 amide bonds. The van der Waals surface area contributed by atoms with Crippen LogP contribution in [0.4, 0.5) is 11.4 Å². The van der Waals surface area contributed by atoms with Crippen LogP contribution < -0.4 is 10.6 Å². The molecule has 4 rings (SSSR count). The first-order valence-electron chi connectivity index (χ1n) is 8.51. The van der Waals surface area contributed by atoms with Crippen LogP contribution in [0.5, 0.6) is 0 Å². The molecule has 0 radical (unpaired) electrons. The van der Waals surface area contributed by atoms with E-state index in [-0.39, 0.29) is 17.7 Å². The molecule has 1 aliphatic heterocycles. The van der Waals surface area contributed by atoms with E-state index in [1.165, 1.54) is 6.33 Å². The maximum atomic E-state index is 12.6. The van der Waals surface area contributed by atoms with Gasteiger partial charge in [-0.1, -0.05) is 32.0 Å². The number of para-hydroxylation sites is 1. The molecule has 1 unspecified atom stereocenters. The van der Waals surface area contributed by atoms with Crippen molar-refractivity contribution < 1.29 is 9.59 Å². The Morgan fingerprint density at radius 2 is 2.08 bits per heavy atom. The molecule has 2 N–H and O–H groups in total. The van der Waals surface area contributed by atoms with Crippen LogP contribution in [0.2, 0.25) is 0 Å². The van der Waals surface area contributed by atoms with Gasteiger partial charge in [-0.25, -0.2) is 9.50 Å². The number of fused-ring (bicyclic) bond motifs is 2. The fourth-order valence-electron chi connectivity index (χ4n) is 3.28. The van der Waals surface area contributed by atoms with Gasteiger partial charge in [-0.15, -0.1) is 0 Å². The summed E-state index contributed by atoms with van der Waals surface area (Å²) in [4.78, 5) is 29.1. The van der Waals surface area contributed by atoms with Gasteiger partial charge in [-0.2, -0.15) is 5.10 Å². The summed E-state index contributed by atoms with van der Waals surface area (Å²) in [5.74, 6) is -0.808. The van der Waals surface area contributed by atoms with Gasteiger partial charge < -0.3 is 10.6 Å². The molecule has 132 valence electrons. The Hall–Kier alpha value is -3.22. The van der Waals surface area contributed by atoms with E-state index < -0.39 is 5.92 Å². The summed E-state index contributed by atoms with van der Waals surface area (Å²) in [6.07, 6.45) is 3.19. The fraction of sp³-hybridized carbons (Fsp3) is 0.263. The minimum atomic E-state index is -0.501. The lowest BCUT2D eigenvalue weighted by Gasteiger charge is -2.11. The number of benzene rings is 1. The van der Waals surface area contributed by atoms with E-state index in [1.807, 2.05) is 45.0 Å². The highest BCUT2D eigenvalue weighted by Gasteiger charge is 2.35. The van der Waals surface area contributed by atoms with Crippen molar-refractivity contribution >= 4 is 28.7 Å². The zero-order valence-corrected chi connectivity index (χ0v) is 14.8. The second kappa shape index (κ2) is 5.94. The van der Waals surface area contributed by atoms with E-state index in [0.29, 0.717) is 11.4 Å². The molecule has 1 aliphatic rings. The lowest BCUT2D eigenvalue weighted by atomic mass is 9.95. The van der Waals surface area contributed by atoms with Crippen LogP contribution in [0.25, 0.3) is 5.52 Å². The highest BCUT2D eigenvalue weighted by molar-refractivity contribution is 6.06. The topological polar surface area (TPSA) is 88.4 Å². The number of carbonyl (C=O) groups is 2. The molecule has 1 atom stereocenters. The molecule has 26 heavy (non-hydrogen) atoms. The largest absolute Gasteiger partial charge is 0.325 e. The van der Waals surface area contributed by atoms with Crippen LogP contribution in [0, 0.1) is 12.8 Å². The fourth-order valence-corrected chi connectivity index (χ4v) is 3.28. The number of anilines is 2. The number of rotatable bonds is 3. The van der Waals surface area contributed by atoms with Crippen LogP contribution in [0.3, 0.4) is 0 Å². The van der Waals surface area contributed by atoms with Crippen molar-refractivity contribution in [1.82, 2.24) is 14.6 Å². The van der Waals surface area contributed by atoms with Gasteiger partial charge in [-0.05, 0) is 18.6 Å². The first-order valence-corrected chi connectivity index (χ1v) is 8.51. The molecule has 3 aromatic rings. The van der Waals surface area contributed by atoms with E-state index in [2.05, 4.69) is 20.7 Å². The van der Waals surface area contributed by atoms with Crippen molar-refractivity contribution in [2.24, 2.45) is 5.92 Å². The van der Waals surface area contributed by atoms with Crippen LogP contribution in [-0.2, 0) is 9.59 Å². The van der Waals surface area contributed by atoms with E-state index in [1.54, 1.807) is 10.7 Å². The first kappa shape index (κ1) is 16.3. The molecule has 0 aliphatic carbocycles. The zero-order valence-electron chi connectivity index (χ0n) is 14.8. The molecule has 3 heterocycles. The number of hydrogen-bond acceptors (Lipinski definition) is 4. The Morgan fingerprint density at radius 1 is 1.31 bits per heavy atom. The van der Waals surface area contributed by atoms with Crippen LogP contribution in [0.15, 0.2) is 36.8 Å². The number of carbonyl (C=O) groups excluding carboxylic acids is 2. The van der Waals surface area contributed by atoms with Crippen molar-refractivity contribution in [3.05, 3.63) is 53.6 Å². The van der Waals surface area contributed by atoms with Crippen molar-refractivity contribution in [2.45, 2.75) is 26.7 Å². The molecule has 0 saturated heterocycles. The zero-order chi connectivity index (χ0) is 18.4. The van der Waals surface area contributed by atoms with Crippen molar-refractivity contribution in [2.75, 3.05) is 10.6 Å². The summed E-state index contributed by atoms with van der Waals surface area (Å²) < 4.78 is 1.67. The monoisotopic (exact) mass is 349 g/mol. The number of aromatic nitrogens is 3. The highest BCUT2D eigenvalue weighted by atomic mass is 16.2. The first-order chi connectivity index (χ1) is 12.5. The molecule has 7 nitrogen and oxygen atoms in total. The third kappa shape index (κ3) is 2.44. The Kier molecular flexibility index (Phi) is 3.72. The molecular weight excluding hydrogens is 330 g/mol. The number of nitrogens with one attached hydrogen (secondary N) is 2. The summed E-state index contributed by atoms with van der Waals surface area (Å²) >= 11 is 0. The number of nitrogens with zero attached hydrogens (tertiary/aromatic N) is 3. The van der Waals surface area contributed by atoms with Crippen molar-refractivity contribution in [1.29, 1.82) is 0 Å². The third-order valence-corrected chi connectivity index (χ3v) is 4.70. The van der Waals surface area contributed by atoms with E-state index in [4.69, 9.17) is 0 Å². The quantitative estimate of drug-likeness (QED) is 0.761. The van der Waals surface area contributed by atoms with Gasteiger partial charge in [0, 0.05) is 17.2 Å². The number of hydrogen-bond donors (Lipinski definition) is 2. The average molecular weight is 349 g/mol. The molecule has 0 spiro atoms. The summed E-state index contributed by atoms with van der Waals surface area (Å²) in [5.41, 5.74) is 4.58. The molecular formula is C19H19N5O2. The maximum Gasteiger partial charge on any atom is 0.238 e. The molecule has 0 fully saturated rings. The minimum absolute atomic E-state index is 0.0672.